The standard InChI is InChI=1S/C23H22Cl3N5OS/c24-17-9-7-16(8-10-17)22-29-30-23(31(22)18-4-2-1-3-5-18)33-14-21(32)28-27-13-15-6-11-19(25)20(26)12-15/h6-13,18H,1-5,14H2,(H,28,32)/b27-13+. The first-order chi connectivity index (χ1) is 16.0. The van der Waals surface area contributed by atoms with E-state index in [1.807, 2.05) is 24.3 Å². The average Bonchev–Trinajstić information content (AvgIpc) is 3.25. The number of rotatable bonds is 7. The number of hydrogen-bond acceptors (Lipinski definition) is 5. The Hall–Kier alpha value is -2.06. The molecule has 0 spiro atoms. The Morgan fingerprint density at radius 3 is 2.55 bits per heavy atom. The average molecular weight is 523 g/mol. The zero-order valence-electron chi connectivity index (χ0n) is 17.7. The Labute approximate surface area is 211 Å². The summed E-state index contributed by atoms with van der Waals surface area (Å²) in [5, 5.41) is 15.2. The fraction of sp³-hybridized carbons (Fsp3) is 0.304. The van der Waals surface area contributed by atoms with Gasteiger partial charge in [-0.1, -0.05) is 71.9 Å². The zero-order valence-corrected chi connectivity index (χ0v) is 20.8. The minimum absolute atomic E-state index is 0.171. The van der Waals surface area contributed by atoms with Crippen LogP contribution in [0.1, 0.15) is 43.7 Å². The SMILES string of the molecule is O=C(CSc1nnc(-c2ccc(Cl)cc2)n1C1CCCCC1)N/N=C/c1ccc(Cl)c(Cl)c1. The number of aromatic nitrogens is 3. The minimum Gasteiger partial charge on any atom is -0.299 e. The Morgan fingerprint density at radius 1 is 1.06 bits per heavy atom. The van der Waals surface area contributed by atoms with Crippen molar-refractivity contribution in [2.45, 2.75) is 43.3 Å². The summed E-state index contributed by atoms with van der Waals surface area (Å²) in [6, 6.07) is 13.0. The van der Waals surface area contributed by atoms with Gasteiger partial charge in [0.2, 0.25) is 0 Å². The van der Waals surface area contributed by atoms with Crippen molar-refractivity contribution >= 4 is 58.7 Å². The summed E-state index contributed by atoms with van der Waals surface area (Å²) in [5.41, 5.74) is 4.24. The molecule has 1 heterocycles. The van der Waals surface area contributed by atoms with E-state index in [-0.39, 0.29) is 11.7 Å². The van der Waals surface area contributed by atoms with Crippen LogP contribution in [0.25, 0.3) is 11.4 Å². The summed E-state index contributed by atoms with van der Waals surface area (Å²) in [7, 11) is 0. The van der Waals surface area contributed by atoms with Gasteiger partial charge in [0.1, 0.15) is 0 Å². The minimum atomic E-state index is -0.234. The molecule has 1 saturated carbocycles. The first-order valence-corrected chi connectivity index (χ1v) is 12.7. The molecule has 0 radical (unpaired) electrons. The highest BCUT2D eigenvalue weighted by molar-refractivity contribution is 7.99. The summed E-state index contributed by atoms with van der Waals surface area (Å²) >= 11 is 19.3. The number of carbonyl (C=O) groups is 1. The number of nitrogens with zero attached hydrogens (tertiary/aromatic N) is 4. The van der Waals surface area contributed by atoms with E-state index in [9.17, 15) is 4.79 Å². The van der Waals surface area contributed by atoms with Gasteiger partial charge in [-0.15, -0.1) is 10.2 Å². The highest BCUT2D eigenvalue weighted by atomic mass is 35.5. The second-order valence-corrected chi connectivity index (χ2v) is 9.92. The maximum absolute atomic E-state index is 12.4. The molecule has 0 atom stereocenters. The van der Waals surface area contributed by atoms with Gasteiger partial charge in [-0.2, -0.15) is 5.10 Å². The molecule has 3 aromatic rings. The van der Waals surface area contributed by atoms with E-state index in [2.05, 4.69) is 25.3 Å². The maximum Gasteiger partial charge on any atom is 0.250 e. The Morgan fingerprint density at radius 2 is 1.82 bits per heavy atom. The van der Waals surface area contributed by atoms with E-state index >= 15 is 0 Å². The lowest BCUT2D eigenvalue weighted by atomic mass is 9.95. The van der Waals surface area contributed by atoms with E-state index < -0.39 is 0 Å². The van der Waals surface area contributed by atoms with E-state index in [4.69, 9.17) is 34.8 Å². The van der Waals surface area contributed by atoms with Gasteiger partial charge in [-0.05, 0) is 54.8 Å². The molecule has 0 aliphatic heterocycles. The van der Waals surface area contributed by atoms with Gasteiger partial charge in [0.25, 0.3) is 5.91 Å². The molecule has 0 unspecified atom stereocenters. The third-order valence-corrected chi connectivity index (χ3v) is 7.32. The molecule has 1 aliphatic rings. The third-order valence-electron chi connectivity index (χ3n) is 5.39. The molecule has 1 aromatic heterocycles. The van der Waals surface area contributed by atoms with Gasteiger partial charge in [-0.25, -0.2) is 5.43 Å². The van der Waals surface area contributed by atoms with Crippen LogP contribution in [0, 0.1) is 0 Å². The lowest BCUT2D eigenvalue weighted by Crippen LogP contribution is -2.20. The van der Waals surface area contributed by atoms with Crippen molar-refractivity contribution in [1.82, 2.24) is 20.2 Å². The molecule has 1 N–H and O–H groups in total. The normalized spacial score (nSPS) is 14.6. The molecular formula is C23H22Cl3N5OS. The van der Waals surface area contributed by atoms with Crippen LogP contribution >= 0.6 is 46.6 Å². The monoisotopic (exact) mass is 521 g/mol. The summed E-state index contributed by atoms with van der Waals surface area (Å²) in [6.07, 6.45) is 7.27. The fourth-order valence-electron chi connectivity index (χ4n) is 3.77. The first-order valence-electron chi connectivity index (χ1n) is 10.6. The van der Waals surface area contributed by atoms with Crippen LogP contribution in [-0.2, 0) is 4.79 Å². The van der Waals surface area contributed by atoms with E-state index in [1.54, 1.807) is 18.2 Å². The molecule has 172 valence electrons. The van der Waals surface area contributed by atoms with Crippen LogP contribution < -0.4 is 5.43 Å². The smallest absolute Gasteiger partial charge is 0.250 e. The molecule has 4 rings (SSSR count). The molecule has 10 heteroatoms. The molecule has 1 aliphatic carbocycles. The maximum atomic E-state index is 12.4. The third kappa shape index (κ3) is 6.29. The number of thioether (sulfide) groups is 1. The summed E-state index contributed by atoms with van der Waals surface area (Å²) in [4.78, 5) is 12.4. The van der Waals surface area contributed by atoms with Gasteiger partial charge >= 0.3 is 0 Å². The van der Waals surface area contributed by atoms with Gasteiger partial charge in [-0.3, -0.25) is 9.36 Å². The number of benzene rings is 2. The predicted molar refractivity (Wildman–Crippen MR) is 136 cm³/mol. The first kappa shape index (κ1) is 24.1. The number of carbonyl (C=O) groups excluding carboxylic acids is 1. The topological polar surface area (TPSA) is 72.2 Å². The molecule has 2 aromatic carbocycles. The van der Waals surface area contributed by atoms with Crippen molar-refractivity contribution in [3.05, 3.63) is 63.1 Å². The van der Waals surface area contributed by atoms with Crippen LogP contribution in [0.15, 0.2) is 52.7 Å². The number of halogens is 3. The number of nitrogens with one attached hydrogen (secondary N) is 1. The van der Waals surface area contributed by atoms with Gasteiger partial charge in [0, 0.05) is 16.6 Å². The molecule has 0 saturated heterocycles. The van der Waals surface area contributed by atoms with E-state index in [0.29, 0.717) is 21.1 Å². The van der Waals surface area contributed by atoms with Crippen molar-refractivity contribution in [2.75, 3.05) is 5.75 Å². The summed E-state index contributed by atoms with van der Waals surface area (Å²) < 4.78 is 2.18. The van der Waals surface area contributed by atoms with Gasteiger partial charge in [0.15, 0.2) is 11.0 Å². The number of amides is 1. The van der Waals surface area contributed by atoms with Crippen LogP contribution in [0.4, 0.5) is 0 Å². The van der Waals surface area contributed by atoms with Gasteiger partial charge < -0.3 is 0 Å². The lowest BCUT2D eigenvalue weighted by molar-refractivity contribution is -0.118. The molecule has 33 heavy (non-hydrogen) atoms. The number of hydrazone groups is 1. The van der Waals surface area contributed by atoms with Crippen molar-refractivity contribution in [3.63, 3.8) is 0 Å². The second kappa shape index (κ2) is 11.4. The Bertz CT molecular complexity index is 1140. The van der Waals surface area contributed by atoms with E-state index in [0.717, 1.165) is 34.9 Å². The zero-order chi connectivity index (χ0) is 23.2. The second-order valence-electron chi connectivity index (χ2n) is 7.73. The van der Waals surface area contributed by atoms with E-state index in [1.165, 1.54) is 37.2 Å². The van der Waals surface area contributed by atoms with Crippen molar-refractivity contribution in [3.8, 4) is 11.4 Å². The van der Waals surface area contributed by atoms with Crippen LogP contribution in [0.5, 0.6) is 0 Å². The quantitative estimate of drug-likeness (QED) is 0.214. The molecule has 0 bridgehead atoms. The molecule has 1 fully saturated rings. The van der Waals surface area contributed by atoms with Crippen molar-refractivity contribution in [2.24, 2.45) is 5.10 Å². The Kier molecular flexibility index (Phi) is 8.30. The summed E-state index contributed by atoms with van der Waals surface area (Å²) in [6.45, 7) is 0. The highest BCUT2D eigenvalue weighted by Crippen LogP contribution is 2.35. The number of hydrogen-bond donors (Lipinski definition) is 1. The van der Waals surface area contributed by atoms with Crippen LogP contribution in [-0.4, -0.2) is 32.6 Å². The lowest BCUT2D eigenvalue weighted by Gasteiger charge is -2.25. The van der Waals surface area contributed by atoms with Gasteiger partial charge in [0.05, 0.1) is 22.0 Å². The fourth-order valence-corrected chi connectivity index (χ4v) is 5.00. The highest BCUT2D eigenvalue weighted by Gasteiger charge is 2.24. The van der Waals surface area contributed by atoms with Crippen LogP contribution in [0.2, 0.25) is 15.1 Å². The Balaban J connectivity index is 1.44. The summed E-state index contributed by atoms with van der Waals surface area (Å²) in [5.74, 6) is 0.742. The molecule has 6 nitrogen and oxygen atoms in total. The molecule has 1 amide bonds. The van der Waals surface area contributed by atoms with Crippen molar-refractivity contribution < 1.29 is 4.79 Å². The predicted octanol–water partition coefficient (Wildman–Crippen LogP) is 6.65. The van der Waals surface area contributed by atoms with Crippen molar-refractivity contribution in [1.29, 1.82) is 0 Å². The van der Waals surface area contributed by atoms with Crippen LogP contribution in [0.3, 0.4) is 0 Å². The largest absolute Gasteiger partial charge is 0.299 e. The molecular weight excluding hydrogens is 501 g/mol.